The van der Waals surface area contributed by atoms with Crippen molar-refractivity contribution in [2.45, 2.75) is 32.4 Å². The molecule has 0 amide bonds. The Hall–Kier alpha value is -1.18. The Morgan fingerprint density at radius 2 is 2.20 bits per heavy atom. The number of methoxy groups -OCH3 is 1. The minimum atomic E-state index is -0.236. The molecule has 114 valence electrons. The molecule has 1 aliphatic heterocycles. The van der Waals surface area contributed by atoms with Crippen molar-refractivity contribution < 1.29 is 14.3 Å². The lowest BCUT2D eigenvalue weighted by Gasteiger charge is -2.31. The predicted molar refractivity (Wildman–Crippen MR) is 74.5 cm³/mol. The predicted octanol–water partition coefficient (Wildman–Crippen LogP) is 0.403. The van der Waals surface area contributed by atoms with Gasteiger partial charge in [-0.25, -0.2) is 0 Å². The zero-order chi connectivity index (χ0) is 14.4. The number of piperidine rings is 1. The molecule has 2 rings (SSSR count). The second kappa shape index (κ2) is 7.56. The van der Waals surface area contributed by atoms with Gasteiger partial charge >= 0.3 is 6.01 Å². The number of aliphatic hydroxyl groups excluding tert-OH is 1. The first-order valence-electron chi connectivity index (χ1n) is 7.15. The summed E-state index contributed by atoms with van der Waals surface area (Å²) in [6, 6.07) is 0.581. The summed E-state index contributed by atoms with van der Waals surface area (Å²) in [5, 5.41) is 20.9. The van der Waals surface area contributed by atoms with Crippen LogP contribution >= 0.6 is 0 Å². The molecule has 1 unspecified atom stereocenters. The van der Waals surface area contributed by atoms with Crippen molar-refractivity contribution in [3.63, 3.8) is 0 Å². The van der Waals surface area contributed by atoms with Gasteiger partial charge < -0.3 is 24.5 Å². The monoisotopic (exact) mass is 284 g/mol. The maximum Gasteiger partial charge on any atom is 0.318 e. The molecule has 2 N–H and O–H groups in total. The average molecular weight is 284 g/mol. The summed E-state index contributed by atoms with van der Waals surface area (Å²) in [4.78, 5) is 2.09. The van der Waals surface area contributed by atoms with Crippen molar-refractivity contribution >= 4 is 6.01 Å². The van der Waals surface area contributed by atoms with Crippen LogP contribution in [0.1, 0.15) is 25.7 Å². The van der Waals surface area contributed by atoms with E-state index in [1.807, 2.05) is 6.92 Å². The van der Waals surface area contributed by atoms with Gasteiger partial charge in [0.25, 0.3) is 0 Å². The van der Waals surface area contributed by atoms with E-state index < -0.39 is 0 Å². The van der Waals surface area contributed by atoms with Crippen LogP contribution in [0.3, 0.4) is 0 Å². The average Bonchev–Trinajstić information content (AvgIpc) is 2.92. The maximum absolute atomic E-state index is 9.59. The van der Waals surface area contributed by atoms with Gasteiger partial charge in [-0.15, -0.1) is 5.10 Å². The summed E-state index contributed by atoms with van der Waals surface area (Å²) in [5.74, 6) is 0.970. The fraction of sp³-hybridized carbons (Fsp3) is 0.846. The van der Waals surface area contributed by atoms with Crippen LogP contribution in [0.25, 0.3) is 0 Å². The lowest BCUT2D eigenvalue weighted by atomic mass is 9.92. The van der Waals surface area contributed by atoms with E-state index >= 15 is 0 Å². The number of anilines is 1. The molecule has 1 aromatic heterocycles. The number of hydrogen-bond acceptors (Lipinski definition) is 7. The van der Waals surface area contributed by atoms with Crippen LogP contribution in [0.15, 0.2) is 4.42 Å². The van der Waals surface area contributed by atoms with Crippen molar-refractivity contribution in [2.24, 2.45) is 5.92 Å². The molecule has 7 nitrogen and oxygen atoms in total. The molecule has 1 atom stereocenters. The second-order valence-electron chi connectivity index (χ2n) is 5.21. The normalized spacial score (nSPS) is 18.4. The Balaban J connectivity index is 1.78. The third kappa shape index (κ3) is 4.16. The summed E-state index contributed by atoms with van der Waals surface area (Å²) >= 11 is 0. The largest absolute Gasteiger partial charge is 0.407 e. The molecule has 2 heterocycles. The fourth-order valence-corrected chi connectivity index (χ4v) is 2.39. The van der Waals surface area contributed by atoms with Gasteiger partial charge in [-0.3, -0.25) is 0 Å². The standard InChI is InChI=1S/C13H24N4O3/c1-10(18)11-3-6-17(7-4-11)13-16-15-12(20-13)9-14-5-8-19-2/h10-11,14,18H,3-9H2,1-2H3. The number of ether oxygens (including phenoxy) is 1. The molecular weight excluding hydrogens is 260 g/mol. The molecule has 0 aromatic carbocycles. The van der Waals surface area contributed by atoms with Crippen molar-refractivity contribution in [1.29, 1.82) is 0 Å². The van der Waals surface area contributed by atoms with E-state index in [1.54, 1.807) is 7.11 Å². The molecule has 7 heteroatoms. The smallest absolute Gasteiger partial charge is 0.318 e. The summed E-state index contributed by atoms with van der Waals surface area (Å²) in [5.41, 5.74) is 0. The van der Waals surface area contributed by atoms with Crippen LogP contribution in [0.2, 0.25) is 0 Å². The van der Waals surface area contributed by atoms with Crippen molar-refractivity contribution in [3.8, 4) is 0 Å². The first kappa shape index (κ1) is 15.2. The van der Waals surface area contributed by atoms with Crippen LogP contribution in [0, 0.1) is 5.92 Å². The van der Waals surface area contributed by atoms with Gasteiger partial charge in [0.1, 0.15) is 0 Å². The van der Waals surface area contributed by atoms with Gasteiger partial charge in [-0.1, -0.05) is 5.10 Å². The van der Waals surface area contributed by atoms with Crippen molar-refractivity contribution in [2.75, 3.05) is 38.3 Å². The van der Waals surface area contributed by atoms with Gasteiger partial charge in [-0.05, 0) is 25.7 Å². The topological polar surface area (TPSA) is 83.7 Å². The zero-order valence-corrected chi connectivity index (χ0v) is 12.2. The summed E-state index contributed by atoms with van der Waals surface area (Å²) in [6.07, 6.45) is 1.68. The molecule has 1 fully saturated rings. The van der Waals surface area contributed by atoms with E-state index in [9.17, 15) is 5.11 Å². The highest BCUT2D eigenvalue weighted by Crippen LogP contribution is 2.24. The number of nitrogens with zero attached hydrogens (tertiary/aromatic N) is 3. The Bertz CT molecular complexity index is 389. The molecule has 0 aliphatic carbocycles. The molecule has 0 bridgehead atoms. The van der Waals surface area contributed by atoms with Crippen LogP contribution in [0.4, 0.5) is 6.01 Å². The van der Waals surface area contributed by atoms with E-state index in [0.717, 1.165) is 32.5 Å². The summed E-state index contributed by atoms with van der Waals surface area (Å²) < 4.78 is 10.6. The number of hydrogen-bond donors (Lipinski definition) is 2. The molecule has 1 aromatic rings. The first-order valence-corrected chi connectivity index (χ1v) is 7.15. The van der Waals surface area contributed by atoms with E-state index in [1.165, 1.54) is 0 Å². The SMILES string of the molecule is COCCNCc1nnc(N2CCC(C(C)O)CC2)o1. The maximum atomic E-state index is 9.59. The Labute approximate surface area is 119 Å². The van der Waals surface area contributed by atoms with Gasteiger partial charge in [-0.2, -0.15) is 0 Å². The van der Waals surface area contributed by atoms with E-state index in [4.69, 9.17) is 9.15 Å². The molecule has 0 saturated carbocycles. The number of aromatic nitrogens is 2. The highest BCUT2D eigenvalue weighted by Gasteiger charge is 2.25. The molecule has 20 heavy (non-hydrogen) atoms. The highest BCUT2D eigenvalue weighted by atomic mass is 16.5. The van der Waals surface area contributed by atoms with E-state index in [-0.39, 0.29) is 6.10 Å². The Kier molecular flexibility index (Phi) is 5.75. The summed E-state index contributed by atoms with van der Waals surface area (Å²) in [6.45, 7) is 5.54. The molecule has 0 spiro atoms. The Morgan fingerprint density at radius 1 is 1.45 bits per heavy atom. The first-order chi connectivity index (χ1) is 9.70. The number of rotatable bonds is 7. The van der Waals surface area contributed by atoms with Gasteiger partial charge in [0.05, 0.1) is 19.3 Å². The van der Waals surface area contributed by atoms with Gasteiger partial charge in [0.2, 0.25) is 5.89 Å². The number of aliphatic hydroxyl groups is 1. The lowest BCUT2D eigenvalue weighted by Crippen LogP contribution is -2.37. The molecule has 1 saturated heterocycles. The minimum Gasteiger partial charge on any atom is -0.407 e. The minimum absolute atomic E-state index is 0.236. The van der Waals surface area contributed by atoms with Crippen LogP contribution in [-0.2, 0) is 11.3 Å². The van der Waals surface area contributed by atoms with Gasteiger partial charge in [0.15, 0.2) is 0 Å². The van der Waals surface area contributed by atoms with Crippen molar-refractivity contribution in [3.05, 3.63) is 5.89 Å². The van der Waals surface area contributed by atoms with Crippen LogP contribution in [-0.4, -0.2) is 54.8 Å². The summed E-state index contributed by atoms with van der Waals surface area (Å²) in [7, 11) is 1.67. The fourth-order valence-electron chi connectivity index (χ4n) is 2.39. The highest BCUT2D eigenvalue weighted by molar-refractivity contribution is 5.24. The second-order valence-corrected chi connectivity index (χ2v) is 5.21. The third-order valence-corrected chi connectivity index (χ3v) is 3.71. The third-order valence-electron chi connectivity index (χ3n) is 3.71. The Morgan fingerprint density at radius 3 is 2.85 bits per heavy atom. The van der Waals surface area contributed by atoms with Crippen molar-refractivity contribution in [1.82, 2.24) is 15.5 Å². The van der Waals surface area contributed by atoms with E-state index in [0.29, 0.717) is 31.0 Å². The lowest BCUT2D eigenvalue weighted by molar-refractivity contribution is 0.109. The van der Waals surface area contributed by atoms with Gasteiger partial charge in [0, 0.05) is 26.7 Å². The molecule has 1 aliphatic rings. The van der Waals surface area contributed by atoms with Crippen LogP contribution < -0.4 is 10.2 Å². The quantitative estimate of drug-likeness (QED) is 0.701. The zero-order valence-electron chi connectivity index (χ0n) is 12.2. The molecule has 0 radical (unpaired) electrons. The van der Waals surface area contributed by atoms with E-state index in [2.05, 4.69) is 20.4 Å². The van der Waals surface area contributed by atoms with Crippen LogP contribution in [0.5, 0.6) is 0 Å². The number of nitrogens with one attached hydrogen (secondary N) is 1. The molecular formula is C13H24N4O3.